The molecular formula is C32H36BN3O7. The van der Waals surface area contributed by atoms with Crippen molar-refractivity contribution in [1.82, 2.24) is 14.8 Å². The van der Waals surface area contributed by atoms with Gasteiger partial charge < -0.3 is 38.8 Å². The van der Waals surface area contributed by atoms with Gasteiger partial charge in [0.25, 0.3) is 11.9 Å². The molecule has 0 radical (unpaired) electrons. The molecule has 10 nitrogen and oxygen atoms in total. The van der Waals surface area contributed by atoms with E-state index in [0.717, 1.165) is 53.9 Å². The number of aromatic nitrogens is 1. The Morgan fingerprint density at radius 3 is 2.37 bits per heavy atom. The molecule has 2 aromatic carbocycles. The fourth-order valence-corrected chi connectivity index (χ4v) is 5.12. The van der Waals surface area contributed by atoms with Gasteiger partial charge in [-0.2, -0.15) is 0 Å². The van der Waals surface area contributed by atoms with Gasteiger partial charge in [-0.25, -0.2) is 4.98 Å². The number of benzene rings is 2. The number of carbonyl (C=O) groups is 1. The van der Waals surface area contributed by atoms with E-state index in [1.54, 1.807) is 31.3 Å². The Hall–Kier alpha value is -4.80. The summed E-state index contributed by atoms with van der Waals surface area (Å²) in [4.78, 5) is 19.8. The van der Waals surface area contributed by atoms with Gasteiger partial charge in [0.15, 0.2) is 0 Å². The predicted octanol–water partition coefficient (Wildman–Crippen LogP) is 4.72. The van der Waals surface area contributed by atoms with E-state index in [1.165, 1.54) is 17.3 Å². The molecule has 0 aliphatic carbocycles. The summed E-state index contributed by atoms with van der Waals surface area (Å²) in [5, 5.41) is 19.9. The summed E-state index contributed by atoms with van der Waals surface area (Å²) in [5.74, 6) is 0.775. The molecule has 0 saturated carbocycles. The summed E-state index contributed by atoms with van der Waals surface area (Å²) < 4.78 is 22.8. The number of aliphatic hydroxyl groups excluding tert-OH is 2. The zero-order chi connectivity index (χ0) is 30.3. The normalized spacial score (nSPS) is 16.4. The van der Waals surface area contributed by atoms with Crippen molar-refractivity contribution in [2.24, 2.45) is 0 Å². The number of aryl methyl sites for hydroxylation is 1. The summed E-state index contributed by atoms with van der Waals surface area (Å²) in [6, 6.07) is 17.1. The maximum absolute atomic E-state index is 11.8. The molecule has 0 unspecified atom stereocenters. The number of likely N-dealkylation sites (tertiary alicyclic amines) is 1. The molecule has 0 bridgehead atoms. The van der Waals surface area contributed by atoms with Crippen LogP contribution in [0.15, 0.2) is 78.9 Å². The Morgan fingerprint density at radius 2 is 1.70 bits per heavy atom. The topological polar surface area (TPSA) is 114 Å². The van der Waals surface area contributed by atoms with E-state index in [0.29, 0.717) is 36.7 Å². The molecule has 1 fully saturated rings. The van der Waals surface area contributed by atoms with Crippen LogP contribution in [-0.2, 0) is 20.7 Å². The zero-order valence-electron chi connectivity index (χ0n) is 24.7. The first-order valence-corrected chi connectivity index (χ1v) is 14.3. The third-order valence-electron chi connectivity index (χ3n) is 7.42. The first-order valence-electron chi connectivity index (χ1n) is 14.3. The molecule has 2 aliphatic rings. The molecule has 3 heterocycles. The number of ether oxygens (including phenoxy) is 2. The predicted molar refractivity (Wildman–Crippen MR) is 163 cm³/mol. The van der Waals surface area contributed by atoms with Gasteiger partial charge in [-0.15, -0.1) is 0 Å². The van der Waals surface area contributed by atoms with Crippen LogP contribution < -0.4 is 14.9 Å². The van der Waals surface area contributed by atoms with Crippen molar-refractivity contribution in [2.75, 3.05) is 26.7 Å². The Balaban J connectivity index is 1.19. The Morgan fingerprint density at radius 1 is 0.953 bits per heavy atom. The lowest BCUT2D eigenvalue weighted by Gasteiger charge is -2.20. The van der Waals surface area contributed by atoms with Crippen molar-refractivity contribution in [3.05, 3.63) is 95.7 Å². The number of hydrogen-bond donors (Lipinski definition) is 2. The van der Waals surface area contributed by atoms with Crippen LogP contribution in [0.2, 0.25) is 0 Å². The molecule has 43 heavy (non-hydrogen) atoms. The third kappa shape index (κ3) is 7.54. The van der Waals surface area contributed by atoms with Crippen molar-refractivity contribution in [2.45, 2.75) is 39.7 Å². The van der Waals surface area contributed by atoms with E-state index >= 15 is 0 Å². The van der Waals surface area contributed by atoms with Crippen molar-refractivity contribution in [3.8, 4) is 22.8 Å². The first kappa shape index (κ1) is 29.7. The van der Waals surface area contributed by atoms with Crippen LogP contribution in [0.4, 0.5) is 0 Å². The molecule has 2 aliphatic heterocycles. The summed E-state index contributed by atoms with van der Waals surface area (Å²) in [7, 11) is 0.597. The van der Waals surface area contributed by atoms with Crippen LogP contribution in [0.5, 0.6) is 11.6 Å². The minimum atomic E-state index is -1.02. The highest BCUT2D eigenvalue weighted by atomic mass is 16.7. The molecular weight excluding hydrogens is 549 g/mol. The Bertz CT molecular complexity index is 1490. The number of rotatable bonds is 10. The molecule has 224 valence electrons. The molecule has 2 N–H and O–H groups in total. The van der Waals surface area contributed by atoms with E-state index in [9.17, 15) is 15.0 Å². The maximum atomic E-state index is 11.8. The molecule has 1 aromatic heterocycles. The SMILES string of the molecule is Cc1nc(OCCCN2CCCC2=O)ccc1-c1cccc(COc2ccc(B3OC(O)=CN(C)/C=C(/O)O3)cc2)c1C. The van der Waals surface area contributed by atoms with Crippen molar-refractivity contribution in [3.63, 3.8) is 0 Å². The van der Waals surface area contributed by atoms with Crippen LogP contribution in [0, 0.1) is 13.8 Å². The van der Waals surface area contributed by atoms with Crippen LogP contribution >= 0.6 is 0 Å². The highest BCUT2D eigenvalue weighted by molar-refractivity contribution is 6.61. The van der Waals surface area contributed by atoms with E-state index in [4.69, 9.17) is 18.8 Å². The second-order valence-electron chi connectivity index (χ2n) is 10.6. The minimum absolute atomic E-state index is 0.234. The summed E-state index contributed by atoms with van der Waals surface area (Å²) in [6.45, 7) is 6.49. The molecule has 1 amide bonds. The number of pyridine rings is 1. The third-order valence-corrected chi connectivity index (χ3v) is 7.42. The summed E-state index contributed by atoms with van der Waals surface area (Å²) >= 11 is 0. The molecule has 5 rings (SSSR count). The molecule has 1 saturated heterocycles. The number of hydrogen-bond acceptors (Lipinski definition) is 9. The first-order chi connectivity index (χ1) is 20.8. The second-order valence-corrected chi connectivity index (χ2v) is 10.6. The van der Waals surface area contributed by atoms with Crippen LogP contribution in [-0.4, -0.2) is 64.8 Å². The van der Waals surface area contributed by atoms with E-state index in [1.807, 2.05) is 36.1 Å². The van der Waals surface area contributed by atoms with Gasteiger partial charge in [0, 0.05) is 49.3 Å². The van der Waals surface area contributed by atoms with E-state index < -0.39 is 7.12 Å². The van der Waals surface area contributed by atoms with Crippen LogP contribution in [0.3, 0.4) is 0 Å². The number of amides is 1. The molecule has 0 atom stereocenters. The summed E-state index contributed by atoms with van der Waals surface area (Å²) in [5.41, 5.74) is 5.70. The number of carbonyl (C=O) groups excluding carboxylic acids is 1. The van der Waals surface area contributed by atoms with Crippen LogP contribution in [0.25, 0.3) is 11.1 Å². The van der Waals surface area contributed by atoms with Gasteiger partial charge >= 0.3 is 7.12 Å². The monoisotopic (exact) mass is 585 g/mol. The number of aliphatic hydroxyl groups is 2. The Kier molecular flexibility index (Phi) is 9.29. The number of nitrogens with zero attached hydrogens (tertiary/aromatic N) is 3. The molecule has 11 heteroatoms. The lowest BCUT2D eigenvalue weighted by molar-refractivity contribution is -0.127. The largest absolute Gasteiger partial charge is 0.636 e. The average Bonchev–Trinajstić information content (AvgIpc) is 3.38. The second kappa shape index (κ2) is 13.5. The van der Waals surface area contributed by atoms with Gasteiger partial charge in [0.05, 0.1) is 19.0 Å². The lowest BCUT2D eigenvalue weighted by atomic mass is 9.79. The van der Waals surface area contributed by atoms with Crippen molar-refractivity contribution in [1.29, 1.82) is 0 Å². The Labute approximate surface area is 251 Å². The minimum Gasteiger partial charge on any atom is -0.494 e. The standard InChI is InChI=1S/C32H36BN3O7/c1-22-24(21-41-26-12-10-25(11-13-26)33-42-31(38)19-35(3)20-32(39)43-33)7-4-8-27(22)28-14-15-29(34-23(28)2)40-18-6-17-36-16-5-9-30(36)37/h4,7-8,10-15,19-20,38-39H,5-6,9,16-18,21H2,1-3H3/b31-19-,32-20?. The quantitative estimate of drug-likeness (QED) is 0.258. The van der Waals surface area contributed by atoms with E-state index in [-0.39, 0.29) is 17.8 Å². The van der Waals surface area contributed by atoms with Crippen molar-refractivity contribution < 1.29 is 33.8 Å². The maximum Gasteiger partial charge on any atom is 0.636 e. The van der Waals surface area contributed by atoms with Gasteiger partial charge in [-0.1, -0.05) is 30.3 Å². The zero-order valence-corrected chi connectivity index (χ0v) is 24.7. The fourth-order valence-electron chi connectivity index (χ4n) is 5.12. The molecule has 3 aromatic rings. The summed E-state index contributed by atoms with van der Waals surface area (Å²) in [6.07, 6.45) is 5.02. The molecule has 0 spiro atoms. The average molecular weight is 585 g/mol. The van der Waals surface area contributed by atoms with Gasteiger partial charge in [-0.05, 0) is 61.6 Å². The van der Waals surface area contributed by atoms with Crippen LogP contribution in [0.1, 0.15) is 36.1 Å². The smallest absolute Gasteiger partial charge is 0.494 e. The van der Waals surface area contributed by atoms with Gasteiger partial charge in [0.2, 0.25) is 11.8 Å². The van der Waals surface area contributed by atoms with E-state index in [2.05, 4.69) is 18.0 Å². The lowest BCUT2D eigenvalue weighted by Crippen LogP contribution is -2.37. The van der Waals surface area contributed by atoms with Gasteiger partial charge in [0.1, 0.15) is 12.4 Å². The van der Waals surface area contributed by atoms with Gasteiger partial charge in [-0.3, -0.25) is 4.79 Å². The highest BCUT2D eigenvalue weighted by Crippen LogP contribution is 2.30. The fraction of sp³-hybridized carbons (Fsp3) is 0.312. The highest BCUT2D eigenvalue weighted by Gasteiger charge is 2.29. The van der Waals surface area contributed by atoms with Crippen molar-refractivity contribution >= 4 is 18.5 Å².